The molecule has 0 bridgehead atoms. The van der Waals surface area contributed by atoms with Gasteiger partial charge in [0, 0.05) is 20.2 Å². The number of benzene rings is 2. The summed E-state index contributed by atoms with van der Waals surface area (Å²) in [5, 5.41) is 11.3. The molecule has 0 aliphatic heterocycles. The van der Waals surface area contributed by atoms with Crippen molar-refractivity contribution in [3.63, 3.8) is 0 Å². The quantitative estimate of drug-likeness (QED) is 0.354. The van der Waals surface area contributed by atoms with Crippen LogP contribution in [0.5, 0.6) is 11.5 Å². The minimum absolute atomic E-state index is 0.0752. The molecule has 0 aliphatic carbocycles. The number of hydrogen-bond acceptors (Lipinski definition) is 7. The van der Waals surface area contributed by atoms with Gasteiger partial charge in [-0.25, -0.2) is 4.68 Å². The Labute approximate surface area is 217 Å². The normalized spacial score (nSPS) is 11.9. The van der Waals surface area contributed by atoms with Crippen molar-refractivity contribution in [2.75, 3.05) is 40.5 Å². The summed E-state index contributed by atoms with van der Waals surface area (Å²) in [6.07, 6.45) is 0.821. The van der Waals surface area contributed by atoms with Gasteiger partial charge in [0.1, 0.15) is 18.1 Å². The van der Waals surface area contributed by atoms with Crippen molar-refractivity contribution >= 4 is 22.8 Å². The molecule has 1 N–H and O–H groups in total. The highest BCUT2D eigenvalue weighted by atomic mass is 16.5. The van der Waals surface area contributed by atoms with Crippen molar-refractivity contribution in [2.45, 2.75) is 39.8 Å². The summed E-state index contributed by atoms with van der Waals surface area (Å²) in [4.78, 5) is 28.9. The predicted molar refractivity (Wildman–Crippen MR) is 140 cm³/mol. The molecule has 1 aromatic heterocycles. The van der Waals surface area contributed by atoms with E-state index in [1.807, 2.05) is 31.2 Å². The molecule has 3 aromatic rings. The number of carbonyl (C=O) groups excluding carboxylic acids is 2. The lowest BCUT2D eigenvalue weighted by atomic mass is 10.0. The molecule has 0 aliphatic rings. The van der Waals surface area contributed by atoms with E-state index in [0.717, 1.165) is 11.9 Å². The standard InChI is InChI=1S/C27H37N5O5/c1-6-37-23-12-11-20(17-24(23)36-5)26(27(34)28-14-13-19(2)3)31(15-16-35-4)25(33)18-32-22-10-8-7-9-21(22)29-30-32/h7-12,17,19,26H,6,13-16,18H2,1-5H3,(H,28,34)/t26-/m1/s1. The van der Waals surface area contributed by atoms with Crippen LogP contribution < -0.4 is 14.8 Å². The lowest BCUT2D eigenvalue weighted by molar-refractivity contribution is -0.142. The third-order valence-electron chi connectivity index (χ3n) is 5.95. The van der Waals surface area contributed by atoms with Gasteiger partial charge in [-0.15, -0.1) is 5.10 Å². The van der Waals surface area contributed by atoms with Crippen molar-refractivity contribution in [2.24, 2.45) is 5.92 Å². The van der Waals surface area contributed by atoms with Crippen LogP contribution in [0.2, 0.25) is 0 Å². The molecule has 0 saturated heterocycles. The van der Waals surface area contributed by atoms with Crippen LogP contribution in [0.4, 0.5) is 0 Å². The van der Waals surface area contributed by atoms with Crippen LogP contribution >= 0.6 is 0 Å². The number of rotatable bonds is 14. The number of nitrogens with zero attached hydrogens (tertiary/aromatic N) is 4. The van der Waals surface area contributed by atoms with E-state index in [9.17, 15) is 9.59 Å². The second-order valence-corrected chi connectivity index (χ2v) is 9.04. The van der Waals surface area contributed by atoms with Crippen molar-refractivity contribution in [3.8, 4) is 11.5 Å². The number of ether oxygens (including phenoxy) is 3. The van der Waals surface area contributed by atoms with E-state index >= 15 is 0 Å². The summed E-state index contributed by atoms with van der Waals surface area (Å²) in [6.45, 7) is 7.44. The largest absolute Gasteiger partial charge is 0.493 e. The summed E-state index contributed by atoms with van der Waals surface area (Å²) in [7, 11) is 3.11. The molecule has 10 heteroatoms. The van der Waals surface area contributed by atoms with Crippen LogP contribution in [0.1, 0.15) is 38.8 Å². The molecular formula is C27H37N5O5. The van der Waals surface area contributed by atoms with Gasteiger partial charge in [-0.1, -0.05) is 37.3 Å². The summed E-state index contributed by atoms with van der Waals surface area (Å²) < 4.78 is 18.0. The first-order valence-electron chi connectivity index (χ1n) is 12.5. The number of amides is 2. The van der Waals surface area contributed by atoms with E-state index in [4.69, 9.17) is 14.2 Å². The van der Waals surface area contributed by atoms with Crippen LogP contribution in [0, 0.1) is 5.92 Å². The number of hydrogen-bond donors (Lipinski definition) is 1. The lowest BCUT2D eigenvalue weighted by Gasteiger charge is -2.31. The molecule has 0 unspecified atom stereocenters. The van der Waals surface area contributed by atoms with Crippen molar-refractivity contribution in [3.05, 3.63) is 48.0 Å². The maximum absolute atomic E-state index is 13.7. The van der Waals surface area contributed by atoms with Gasteiger partial charge in [0.2, 0.25) is 11.8 Å². The average molecular weight is 512 g/mol. The van der Waals surface area contributed by atoms with Crippen LogP contribution in [0.3, 0.4) is 0 Å². The number of methoxy groups -OCH3 is 2. The molecule has 2 amide bonds. The molecule has 1 heterocycles. The Morgan fingerprint density at radius 2 is 1.89 bits per heavy atom. The zero-order valence-corrected chi connectivity index (χ0v) is 22.3. The Kier molecular flexibility index (Phi) is 10.3. The fourth-order valence-electron chi connectivity index (χ4n) is 4.02. The van der Waals surface area contributed by atoms with Gasteiger partial charge in [0.25, 0.3) is 0 Å². The number of carbonyl (C=O) groups is 2. The summed E-state index contributed by atoms with van der Waals surface area (Å²) in [6, 6.07) is 11.8. The maximum atomic E-state index is 13.7. The highest BCUT2D eigenvalue weighted by Gasteiger charge is 2.32. The first kappa shape index (κ1) is 27.9. The second kappa shape index (κ2) is 13.6. The summed E-state index contributed by atoms with van der Waals surface area (Å²) >= 11 is 0. The zero-order valence-electron chi connectivity index (χ0n) is 22.3. The SMILES string of the molecule is CCOc1ccc([C@H](C(=O)NCCC(C)C)N(CCOC)C(=O)Cn2nnc3ccccc32)cc1OC. The van der Waals surface area contributed by atoms with E-state index < -0.39 is 6.04 Å². The highest BCUT2D eigenvalue weighted by molar-refractivity contribution is 5.89. The van der Waals surface area contributed by atoms with Gasteiger partial charge < -0.3 is 24.4 Å². The number of nitrogens with one attached hydrogen (secondary N) is 1. The van der Waals surface area contributed by atoms with E-state index in [2.05, 4.69) is 29.5 Å². The predicted octanol–water partition coefficient (Wildman–Crippen LogP) is 3.22. The monoisotopic (exact) mass is 511 g/mol. The second-order valence-electron chi connectivity index (χ2n) is 9.04. The van der Waals surface area contributed by atoms with E-state index in [-0.39, 0.29) is 31.5 Å². The van der Waals surface area contributed by atoms with Gasteiger partial charge in [0.05, 0.1) is 25.8 Å². The van der Waals surface area contributed by atoms with Crippen LogP contribution in [-0.4, -0.2) is 72.2 Å². The number of aromatic nitrogens is 3. The molecule has 0 fully saturated rings. The molecular weight excluding hydrogens is 474 g/mol. The third-order valence-corrected chi connectivity index (χ3v) is 5.95. The zero-order chi connectivity index (χ0) is 26.8. The van der Waals surface area contributed by atoms with Crippen LogP contribution in [0.25, 0.3) is 11.0 Å². The Bertz CT molecular complexity index is 1180. The van der Waals surface area contributed by atoms with Crippen LogP contribution in [0.15, 0.2) is 42.5 Å². The summed E-state index contributed by atoms with van der Waals surface area (Å²) in [5.41, 5.74) is 2.04. The molecule has 2 aromatic carbocycles. The van der Waals surface area contributed by atoms with Crippen molar-refractivity contribution in [1.29, 1.82) is 0 Å². The number of fused-ring (bicyclic) bond motifs is 1. The molecule has 200 valence electrons. The Morgan fingerprint density at radius 3 is 2.59 bits per heavy atom. The first-order valence-corrected chi connectivity index (χ1v) is 12.5. The fourth-order valence-corrected chi connectivity index (χ4v) is 4.02. The van der Waals surface area contributed by atoms with Gasteiger partial charge in [-0.3, -0.25) is 9.59 Å². The lowest BCUT2D eigenvalue weighted by Crippen LogP contribution is -2.46. The molecule has 37 heavy (non-hydrogen) atoms. The van der Waals surface area contributed by atoms with Crippen LogP contribution in [-0.2, 0) is 20.9 Å². The maximum Gasteiger partial charge on any atom is 0.247 e. The average Bonchev–Trinajstić information content (AvgIpc) is 3.29. The van der Waals surface area contributed by atoms with E-state index in [1.54, 1.807) is 37.1 Å². The highest BCUT2D eigenvalue weighted by Crippen LogP contribution is 2.33. The van der Waals surface area contributed by atoms with Gasteiger partial charge in [-0.2, -0.15) is 0 Å². The molecule has 0 radical (unpaired) electrons. The van der Waals surface area contributed by atoms with Gasteiger partial charge in [-0.05, 0) is 49.1 Å². The first-order chi connectivity index (χ1) is 17.9. The molecule has 0 spiro atoms. The summed E-state index contributed by atoms with van der Waals surface area (Å²) in [5.74, 6) is 0.915. The molecule has 3 rings (SSSR count). The minimum atomic E-state index is -0.908. The topological polar surface area (TPSA) is 108 Å². The number of para-hydroxylation sites is 1. The van der Waals surface area contributed by atoms with E-state index in [1.165, 1.54) is 4.90 Å². The van der Waals surface area contributed by atoms with Crippen molar-refractivity contribution < 1.29 is 23.8 Å². The van der Waals surface area contributed by atoms with Gasteiger partial charge in [0.15, 0.2) is 11.5 Å². The van der Waals surface area contributed by atoms with E-state index in [0.29, 0.717) is 41.6 Å². The Morgan fingerprint density at radius 1 is 1.11 bits per heavy atom. The fraction of sp³-hybridized carbons (Fsp3) is 0.481. The Hall–Kier alpha value is -3.66. The molecule has 1 atom stereocenters. The molecule has 0 saturated carbocycles. The van der Waals surface area contributed by atoms with Crippen molar-refractivity contribution in [1.82, 2.24) is 25.2 Å². The van der Waals surface area contributed by atoms with Gasteiger partial charge >= 0.3 is 0 Å². The minimum Gasteiger partial charge on any atom is -0.493 e. The molecule has 10 nitrogen and oxygen atoms in total. The Balaban J connectivity index is 1.99. The smallest absolute Gasteiger partial charge is 0.247 e. The third kappa shape index (κ3) is 7.19.